The van der Waals surface area contributed by atoms with E-state index in [9.17, 15) is 4.79 Å². The predicted molar refractivity (Wildman–Crippen MR) is 69.5 cm³/mol. The van der Waals surface area contributed by atoms with Crippen LogP contribution in [0.5, 0.6) is 5.75 Å². The van der Waals surface area contributed by atoms with Crippen LogP contribution in [-0.2, 0) is 10.3 Å². The summed E-state index contributed by atoms with van der Waals surface area (Å²) in [5, 5.41) is 2.95. The Morgan fingerprint density at radius 2 is 1.94 bits per heavy atom. The van der Waals surface area contributed by atoms with Crippen molar-refractivity contribution in [3.8, 4) is 5.75 Å². The van der Waals surface area contributed by atoms with E-state index < -0.39 is 5.54 Å². The summed E-state index contributed by atoms with van der Waals surface area (Å²) >= 11 is 5.53. The summed E-state index contributed by atoms with van der Waals surface area (Å²) in [4.78, 5) is 11.5. The number of nitrogens with one attached hydrogen (secondary N) is 1. The first kappa shape index (κ1) is 13.8. The van der Waals surface area contributed by atoms with Gasteiger partial charge in [-0.1, -0.05) is 12.1 Å². The van der Waals surface area contributed by atoms with Crippen LogP contribution in [0, 0.1) is 0 Å². The SMILES string of the molecule is COc1ccc(C(C)(C)NC(=O)CCCl)cc1. The molecule has 0 aromatic heterocycles. The Hall–Kier alpha value is -1.22. The van der Waals surface area contributed by atoms with Gasteiger partial charge in [-0.2, -0.15) is 0 Å². The summed E-state index contributed by atoms with van der Waals surface area (Å²) in [6, 6.07) is 7.65. The van der Waals surface area contributed by atoms with E-state index in [1.165, 1.54) is 0 Å². The molecule has 3 nitrogen and oxygen atoms in total. The number of amides is 1. The number of alkyl halides is 1. The normalized spacial score (nSPS) is 11.1. The molecule has 0 fully saturated rings. The molecule has 0 aliphatic heterocycles. The third kappa shape index (κ3) is 3.93. The van der Waals surface area contributed by atoms with E-state index in [1.54, 1.807) is 7.11 Å². The zero-order valence-electron chi connectivity index (χ0n) is 10.4. The fraction of sp³-hybridized carbons (Fsp3) is 0.462. The zero-order valence-corrected chi connectivity index (χ0v) is 11.2. The maximum atomic E-state index is 11.5. The van der Waals surface area contributed by atoms with Crippen molar-refractivity contribution in [2.24, 2.45) is 0 Å². The molecule has 0 atom stereocenters. The minimum Gasteiger partial charge on any atom is -0.497 e. The third-order valence-corrected chi connectivity index (χ3v) is 2.77. The number of carbonyl (C=O) groups excluding carboxylic acids is 1. The summed E-state index contributed by atoms with van der Waals surface area (Å²) in [6.07, 6.45) is 0.334. The van der Waals surface area contributed by atoms with Gasteiger partial charge in [0.1, 0.15) is 5.75 Å². The first-order chi connectivity index (χ1) is 7.99. The molecule has 0 unspecified atom stereocenters. The van der Waals surface area contributed by atoms with Crippen LogP contribution < -0.4 is 10.1 Å². The number of methoxy groups -OCH3 is 1. The second-order valence-electron chi connectivity index (χ2n) is 4.34. The molecule has 0 saturated heterocycles. The van der Waals surface area contributed by atoms with Crippen LogP contribution in [0.15, 0.2) is 24.3 Å². The van der Waals surface area contributed by atoms with Crippen LogP contribution in [0.1, 0.15) is 25.8 Å². The Morgan fingerprint density at radius 3 is 2.41 bits per heavy atom. The first-order valence-corrected chi connectivity index (χ1v) is 6.04. The Kier molecular flexibility index (Phi) is 4.82. The second-order valence-corrected chi connectivity index (χ2v) is 4.72. The van der Waals surface area contributed by atoms with Gasteiger partial charge >= 0.3 is 0 Å². The van der Waals surface area contributed by atoms with Gasteiger partial charge in [-0.05, 0) is 31.5 Å². The smallest absolute Gasteiger partial charge is 0.221 e. The van der Waals surface area contributed by atoms with Crippen molar-refractivity contribution in [3.05, 3.63) is 29.8 Å². The molecular weight excluding hydrogens is 238 g/mol. The van der Waals surface area contributed by atoms with Crippen molar-refractivity contribution < 1.29 is 9.53 Å². The summed E-state index contributed by atoms with van der Waals surface area (Å²) in [7, 11) is 1.63. The molecule has 1 N–H and O–H groups in total. The minimum atomic E-state index is -0.407. The molecule has 0 spiro atoms. The lowest BCUT2D eigenvalue weighted by molar-refractivity contribution is -0.122. The molecule has 0 aliphatic carbocycles. The highest BCUT2D eigenvalue weighted by atomic mass is 35.5. The third-order valence-electron chi connectivity index (χ3n) is 2.59. The van der Waals surface area contributed by atoms with E-state index in [2.05, 4.69) is 5.32 Å². The van der Waals surface area contributed by atoms with E-state index in [-0.39, 0.29) is 5.91 Å². The number of carbonyl (C=O) groups is 1. The van der Waals surface area contributed by atoms with Gasteiger partial charge in [0.2, 0.25) is 5.91 Å². The quantitative estimate of drug-likeness (QED) is 0.822. The number of hydrogen-bond donors (Lipinski definition) is 1. The standard InChI is InChI=1S/C13H18ClNO2/c1-13(2,15-12(16)8-9-14)10-4-6-11(17-3)7-5-10/h4-7H,8-9H2,1-3H3,(H,15,16). The largest absolute Gasteiger partial charge is 0.497 e. The topological polar surface area (TPSA) is 38.3 Å². The lowest BCUT2D eigenvalue weighted by Gasteiger charge is -2.27. The van der Waals surface area contributed by atoms with Gasteiger partial charge in [0.25, 0.3) is 0 Å². The number of rotatable bonds is 5. The van der Waals surface area contributed by atoms with Gasteiger partial charge in [-0.25, -0.2) is 0 Å². The molecule has 0 bridgehead atoms. The van der Waals surface area contributed by atoms with Crippen molar-refractivity contribution in [1.82, 2.24) is 5.32 Å². The van der Waals surface area contributed by atoms with Crippen LogP contribution in [0.25, 0.3) is 0 Å². The molecule has 0 heterocycles. The summed E-state index contributed by atoms with van der Waals surface area (Å²) in [5.74, 6) is 1.10. The molecule has 0 saturated carbocycles. The molecule has 1 aromatic carbocycles. The van der Waals surface area contributed by atoms with Crippen LogP contribution in [0.3, 0.4) is 0 Å². The second kappa shape index (κ2) is 5.92. The zero-order chi connectivity index (χ0) is 12.9. The Morgan fingerprint density at radius 1 is 1.35 bits per heavy atom. The number of ether oxygens (including phenoxy) is 1. The lowest BCUT2D eigenvalue weighted by Crippen LogP contribution is -2.41. The fourth-order valence-electron chi connectivity index (χ4n) is 1.58. The fourth-order valence-corrected chi connectivity index (χ4v) is 1.75. The van der Waals surface area contributed by atoms with E-state index in [0.717, 1.165) is 11.3 Å². The summed E-state index contributed by atoms with van der Waals surface area (Å²) in [6.45, 7) is 3.92. The van der Waals surface area contributed by atoms with Gasteiger partial charge in [0.15, 0.2) is 0 Å². The highest BCUT2D eigenvalue weighted by Crippen LogP contribution is 2.22. The number of halogens is 1. The first-order valence-electron chi connectivity index (χ1n) is 5.51. The van der Waals surface area contributed by atoms with Gasteiger partial charge < -0.3 is 10.1 Å². The summed E-state index contributed by atoms with van der Waals surface area (Å²) < 4.78 is 5.10. The van der Waals surface area contributed by atoms with Crippen LogP contribution in [0.2, 0.25) is 0 Å². The molecule has 94 valence electrons. The highest BCUT2D eigenvalue weighted by molar-refractivity contribution is 6.18. The predicted octanol–water partition coefficient (Wildman–Crippen LogP) is 2.68. The molecular formula is C13H18ClNO2. The molecule has 0 radical (unpaired) electrons. The van der Waals surface area contributed by atoms with Crippen LogP contribution in [0.4, 0.5) is 0 Å². The van der Waals surface area contributed by atoms with Crippen molar-refractivity contribution in [3.63, 3.8) is 0 Å². The Labute approximate surface area is 107 Å². The minimum absolute atomic E-state index is 0.0409. The van der Waals surface area contributed by atoms with Gasteiger partial charge in [0, 0.05) is 12.3 Å². The summed E-state index contributed by atoms with van der Waals surface area (Å²) in [5.41, 5.74) is 0.622. The van der Waals surface area contributed by atoms with E-state index >= 15 is 0 Å². The Bertz CT molecular complexity index is 374. The molecule has 17 heavy (non-hydrogen) atoms. The van der Waals surface area contributed by atoms with Gasteiger partial charge in [-0.3, -0.25) is 4.79 Å². The number of benzene rings is 1. The Balaban J connectivity index is 2.77. The molecule has 0 aliphatic rings. The monoisotopic (exact) mass is 255 g/mol. The van der Waals surface area contributed by atoms with E-state index in [0.29, 0.717) is 12.3 Å². The van der Waals surface area contributed by atoms with Crippen molar-refractivity contribution >= 4 is 17.5 Å². The maximum Gasteiger partial charge on any atom is 0.221 e. The van der Waals surface area contributed by atoms with Crippen LogP contribution in [-0.4, -0.2) is 18.9 Å². The highest BCUT2D eigenvalue weighted by Gasteiger charge is 2.22. The van der Waals surface area contributed by atoms with Crippen LogP contribution >= 0.6 is 11.6 Å². The number of hydrogen-bond acceptors (Lipinski definition) is 2. The molecule has 4 heteroatoms. The van der Waals surface area contributed by atoms with E-state index in [4.69, 9.17) is 16.3 Å². The average Bonchev–Trinajstić information content (AvgIpc) is 2.28. The van der Waals surface area contributed by atoms with Crippen molar-refractivity contribution in [1.29, 1.82) is 0 Å². The van der Waals surface area contributed by atoms with Gasteiger partial charge in [-0.15, -0.1) is 11.6 Å². The van der Waals surface area contributed by atoms with Crippen molar-refractivity contribution in [2.75, 3.05) is 13.0 Å². The van der Waals surface area contributed by atoms with Crippen molar-refractivity contribution in [2.45, 2.75) is 25.8 Å². The molecule has 1 aromatic rings. The lowest BCUT2D eigenvalue weighted by atomic mass is 9.94. The average molecular weight is 256 g/mol. The van der Waals surface area contributed by atoms with Gasteiger partial charge in [0.05, 0.1) is 12.6 Å². The molecule has 1 amide bonds. The van der Waals surface area contributed by atoms with E-state index in [1.807, 2.05) is 38.1 Å². The maximum absolute atomic E-state index is 11.5. The molecule has 1 rings (SSSR count).